The van der Waals surface area contributed by atoms with Crippen molar-refractivity contribution in [3.05, 3.63) is 42.2 Å². The quantitative estimate of drug-likeness (QED) is 0.788. The summed E-state index contributed by atoms with van der Waals surface area (Å²) >= 11 is 0. The van der Waals surface area contributed by atoms with Crippen LogP contribution in [-0.4, -0.2) is 42.0 Å². The molecule has 5 heterocycles. The molecule has 4 aliphatic heterocycles. The zero-order chi connectivity index (χ0) is 19.8. The molecule has 2 saturated heterocycles. The summed E-state index contributed by atoms with van der Waals surface area (Å²) < 4.78 is 21.9. The molecule has 4 atom stereocenters. The van der Waals surface area contributed by atoms with Crippen molar-refractivity contribution < 1.29 is 28.3 Å². The van der Waals surface area contributed by atoms with E-state index in [1.54, 1.807) is 31.2 Å². The summed E-state index contributed by atoms with van der Waals surface area (Å²) in [6.45, 7) is 2.23. The Morgan fingerprint density at radius 3 is 2.97 bits per heavy atom. The predicted octanol–water partition coefficient (Wildman–Crippen LogP) is 1.64. The molecule has 9 nitrogen and oxygen atoms in total. The summed E-state index contributed by atoms with van der Waals surface area (Å²) in [4.78, 5) is 27.9. The Hall–Kier alpha value is -3.33. The van der Waals surface area contributed by atoms with Crippen LogP contribution >= 0.6 is 0 Å². The molecule has 1 aromatic carbocycles. The fraction of sp³-hybridized carbons (Fsp3) is 0.350. The van der Waals surface area contributed by atoms with Crippen molar-refractivity contribution in [2.24, 2.45) is 11.8 Å². The van der Waals surface area contributed by atoms with Crippen molar-refractivity contribution in [1.29, 1.82) is 0 Å². The van der Waals surface area contributed by atoms with Gasteiger partial charge in [-0.1, -0.05) is 17.3 Å². The highest BCUT2D eigenvalue weighted by Gasteiger charge is 2.67. The van der Waals surface area contributed by atoms with Gasteiger partial charge in [-0.25, -0.2) is 0 Å². The first kappa shape index (κ1) is 16.6. The number of ether oxygens (including phenoxy) is 3. The van der Waals surface area contributed by atoms with Gasteiger partial charge in [-0.2, -0.15) is 0 Å². The van der Waals surface area contributed by atoms with Gasteiger partial charge in [0.05, 0.1) is 24.5 Å². The smallest absolute Gasteiger partial charge is 0.235 e. The van der Waals surface area contributed by atoms with Crippen molar-refractivity contribution in [3.8, 4) is 11.5 Å². The molecule has 4 aliphatic rings. The molecule has 6 rings (SSSR count). The Bertz CT molecular complexity index is 1080. The number of benzene rings is 1. The molecule has 2 fully saturated rings. The molecule has 0 radical (unpaired) electrons. The third-order valence-corrected chi connectivity index (χ3v) is 5.94. The average molecular weight is 395 g/mol. The van der Waals surface area contributed by atoms with Gasteiger partial charge in [-0.05, 0) is 19.1 Å². The predicted molar refractivity (Wildman–Crippen MR) is 98.5 cm³/mol. The van der Waals surface area contributed by atoms with Crippen molar-refractivity contribution in [2.75, 3.05) is 23.6 Å². The van der Waals surface area contributed by atoms with Gasteiger partial charge in [-0.3, -0.25) is 14.5 Å². The minimum absolute atomic E-state index is 0.159. The van der Waals surface area contributed by atoms with Crippen LogP contribution in [0.25, 0.3) is 0 Å². The number of rotatable bonds is 3. The molecule has 1 aromatic heterocycles. The third kappa shape index (κ3) is 2.27. The Kier molecular flexibility index (Phi) is 3.21. The van der Waals surface area contributed by atoms with Gasteiger partial charge in [0.15, 0.2) is 17.3 Å². The number of carbonyl (C=O) groups excluding carboxylic acids is 2. The molecule has 0 unspecified atom stereocenters. The van der Waals surface area contributed by atoms with Crippen LogP contribution < -0.4 is 19.7 Å². The zero-order valence-corrected chi connectivity index (χ0v) is 15.5. The summed E-state index contributed by atoms with van der Waals surface area (Å²) in [6, 6.07) is 6.90. The summed E-state index contributed by atoms with van der Waals surface area (Å²) in [5.41, 5.74) is -0.236. The molecule has 2 bridgehead atoms. The van der Waals surface area contributed by atoms with Gasteiger partial charge in [0.2, 0.25) is 18.6 Å². The first-order chi connectivity index (χ1) is 14.0. The normalized spacial score (nSPS) is 30.9. The van der Waals surface area contributed by atoms with Crippen molar-refractivity contribution in [2.45, 2.75) is 18.6 Å². The van der Waals surface area contributed by atoms with E-state index < -0.39 is 23.5 Å². The second-order valence-corrected chi connectivity index (χ2v) is 7.68. The highest BCUT2D eigenvalue weighted by atomic mass is 16.7. The molecule has 148 valence electrons. The zero-order valence-electron chi connectivity index (χ0n) is 15.5. The first-order valence-corrected chi connectivity index (χ1v) is 9.36. The van der Waals surface area contributed by atoms with E-state index in [1.165, 1.54) is 4.90 Å². The lowest BCUT2D eigenvalue weighted by Gasteiger charge is -2.23. The molecular weight excluding hydrogens is 378 g/mol. The molecule has 0 saturated carbocycles. The maximum atomic E-state index is 13.2. The molecule has 2 amide bonds. The lowest BCUT2D eigenvalue weighted by atomic mass is 9.77. The molecule has 1 N–H and O–H groups in total. The van der Waals surface area contributed by atoms with Crippen molar-refractivity contribution in [3.63, 3.8) is 0 Å². The van der Waals surface area contributed by atoms with Crippen molar-refractivity contribution >= 4 is 23.3 Å². The summed E-state index contributed by atoms with van der Waals surface area (Å²) in [5.74, 6) is 0.574. The number of nitrogens with one attached hydrogen (secondary N) is 1. The van der Waals surface area contributed by atoms with E-state index in [4.69, 9.17) is 18.7 Å². The van der Waals surface area contributed by atoms with Gasteiger partial charge in [0, 0.05) is 17.8 Å². The van der Waals surface area contributed by atoms with Gasteiger partial charge < -0.3 is 24.1 Å². The molecule has 9 heteroatoms. The monoisotopic (exact) mass is 395 g/mol. The molecule has 0 aliphatic carbocycles. The van der Waals surface area contributed by atoms with E-state index in [9.17, 15) is 9.59 Å². The number of amides is 2. The fourth-order valence-corrected chi connectivity index (χ4v) is 4.67. The Morgan fingerprint density at radius 1 is 1.28 bits per heavy atom. The second-order valence-electron chi connectivity index (χ2n) is 7.68. The number of hydrogen-bond acceptors (Lipinski definition) is 7. The Morgan fingerprint density at radius 2 is 2.14 bits per heavy atom. The van der Waals surface area contributed by atoms with E-state index in [1.807, 2.05) is 12.2 Å². The highest BCUT2D eigenvalue weighted by Crippen LogP contribution is 2.52. The number of anilines is 2. The Balaban J connectivity index is 1.28. The largest absolute Gasteiger partial charge is 0.454 e. The number of carbonyl (C=O) groups is 2. The van der Waals surface area contributed by atoms with E-state index in [0.29, 0.717) is 35.3 Å². The minimum Gasteiger partial charge on any atom is -0.454 e. The molecule has 1 spiro atoms. The van der Waals surface area contributed by atoms with Gasteiger partial charge in [0.25, 0.3) is 0 Å². The van der Waals surface area contributed by atoms with E-state index >= 15 is 0 Å². The van der Waals surface area contributed by atoms with Crippen LogP contribution in [0.2, 0.25) is 0 Å². The lowest BCUT2D eigenvalue weighted by Crippen LogP contribution is -2.41. The fourth-order valence-electron chi connectivity index (χ4n) is 4.67. The van der Waals surface area contributed by atoms with Crippen LogP contribution in [0.15, 0.2) is 40.9 Å². The third-order valence-electron chi connectivity index (χ3n) is 5.94. The van der Waals surface area contributed by atoms with E-state index in [-0.39, 0.29) is 18.6 Å². The molecule has 2 aromatic rings. The minimum atomic E-state index is -0.814. The first-order valence-electron chi connectivity index (χ1n) is 9.36. The summed E-state index contributed by atoms with van der Waals surface area (Å²) in [5, 5.41) is 6.84. The summed E-state index contributed by atoms with van der Waals surface area (Å²) in [6.07, 6.45) is 3.34. The maximum absolute atomic E-state index is 13.2. The highest BCUT2D eigenvalue weighted by molar-refractivity contribution is 6.05. The molecule has 29 heavy (non-hydrogen) atoms. The van der Waals surface area contributed by atoms with Crippen LogP contribution in [0.1, 0.15) is 5.76 Å². The van der Waals surface area contributed by atoms with E-state index in [0.717, 1.165) is 0 Å². The van der Waals surface area contributed by atoms with Gasteiger partial charge in [0.1, 0.15) is 11.4 Å². The topological polar surface area (TPSA) is 103 Å². The standard InChI is InChI=1S/C20H17N3O6/c1-10-6-15(22-29-10)23-8-20-5-4-13(28-20)16(17(20)19(23)25)18(24)21-11-2-3-12-14(7-11)27-9-26-12/h2-7,13,16-17H,8-9H2,1H3,(H,21,24)/t13-,16+,17+,20+/m1/s1. The summed E-state index contributed by atoms with van der Waals surface area (Å²) in [7, 11) is 0. The lowest BCUT2D eigenvalue weighted by molar-refractivity contribution is -0.128. The number of hydrogen-bond donors (Lipinski definition) is 1. The van der Waals surface area contributed by atoms with Crippen LogP contribution in [0, 0.1) is 18.8 Å². The number of aryl methyl sites for hydroxylation is 1. The van der Waals surface area contributed by atoms with Crippen LogP contribution in [0.4, 0.5) is 11.5 Å². The average Bonchev–Trinajstić information content (AvgIpc) is 3.49. The van der Waals surface area contributed by atoms with Crippen LogP contribution in [0.3, 0.4) is 0 Å². The van der Waals surface area contributed by atoms with Crippen LogP contribution in [-0.2, 0) is 14.3 Å². The number of aromatic nitrogens is 1. The maximum Gasteiger partial charge on any atom is 0.235 e. The second kappa shape index (κ2) is 5.60. The van der Waals surface area contributed by atoms with Gasteiger partial charge >= 0.3 is 0 Å². The van der Waals surface area contributed by atoms with Crippen LogP contribution in [0.5, 0.6) is 11.5 Å². The molecular formula is C20H17N3O6. The number of fused-ring (bicyclic) bond motifs is 2. The Labute approximate surface area is 165 Å². The van der Waals surface area contributed by atoms with Gasteiger partial charge in [-0.15, -0.1) is 0 Å². The van der Waals surface area contributed by atoms with Crippen molar-refractivity contribution in [1.82, 2.24) is 5.16 Å². The number of nitrogens with zero attached hydrogens (tertiary/aromatic N) is 2. The van der Waals surface area contributed by atoms with E-state index in [2.05, 4.69) is 10.5 Å². The SMILES string of the molecule is Cc1cc(N2C[C@]34C=C[C@@H](O3)[C@H](C(=O)Nc3ccc5c(c3)OCO5)[C@H]4C2=O)no1.